The molecule has 0 spiro atoms. The maximum atomic E-state index is 4.80. The first-order chi connectivity index (χ1) is 8.22. The highest BCUT2D eigenvalue weighted by molar-refractivity contribution is 5.28. The molecule has 1 aliphatic heterocycles. The summed E-state index contributed by atoms with van der Waals surface area (Å²) in [6, 6.07) is 0. The van der Waals surface area contributed by atoms with Crippen molar-refractivity contribution >= 4 is 0 Å². The topological polar surface area (TPSA) is 33.1 Å². The zero-order chi connectivity index (χ0) is 12.3. The lowest BCUT2D eigenvalue weighted by atomic mass is 10.0. The molecule has 96 valence electrons. The maximum Gasteiger partial charge on any atom is 0.0672 e. The van der Waals surface area contributed by atoms with Gasteiger partial charge in [0.05, 0.1) is 12.2 Å². The third-order valence-corrected chi connectivity index (χ3v) is 3.34. The summed E-state index contributed by atoms with van der Waals surface area (Å²) < 4.78 is 2.24. The number of nitrogens with one attached hydrogen (secondary N) is 1. The van der Waals surface area contributed by atoms with Crippen LogP contribution in [0.5, 0.6) is 0 Å². The number of hydrogen-bond acceptors (Lipinski definition) is 3. The number of likely N-dealkylation sites (N-methyl/N-ethyl adjacent to an activating group) is 1. The van der Waals surface area contributed by atoms with Crippen molar-refractivity contribution in [2.45, 2.75) is 39.3 Å². The molecule has 0 fully saturated rings. The summed E-state index contributed by atoms with van der Waals surface area (Å²) in [7, 11) is 4.23. The van der Waals surface area contributed by atoms with Gasteiger partial charge in [0.1, 0.15) is 0 Å². The highest BCUT2D eigenvalue weighted by Gasteiger charge is 2.19. The summed E-state index contributed by atoms with van der Waals surface area (Å²) in [6.07, 6.45) is 3.41. The van der Waals surface area contributed by atoms with Crippen LogP contribution >= 0.6 is 0 Å². The van der Waals surface area contributed by atoms with Gasteiger partial charge in [0.25, 0.3) is 0 Å². The molecule has 0 aromatic carbocycles. The second-order valence-corrected chi connectivity index (χ2v) is 5.08. The molecular weight excluding hydrogens is 212 g/mol. The molecule has 1 aliphatic rings. The average Bonchev–Trinajstić information content (AvgIpc) is 2.66. The van der Waals surface area contributed by atoms with Gasteiger partial charge in [-0.05, 0) is 20.5 Å². The summed E-state index contributed by atoms with van der Waals surface area (Å²) in [5.74, 6) is 0. The number of hydrogen-bond donors (Lipinski definition) is 1. The smallest absolute Gasteiger partial charge is 0.0672 e. The Labute approximate surface area is 104 Å². The van der Waals surface area contributed by atoms with Gasteiger partial charge in [-0.1, -0.05) is 13.3 Å². The highest BCUT2D eigenvalue weighted by Crippen LogP contribution is 2.19. The van der Waals surface area contributed by atoms with Crippen molar-refractivity contribution in [2.75, 3.05) is 27.2 Å². The third kappa shape index (κ3) is 2.87. The molecule has 0 bridgehead atoms. The largest absolute Gasteiger partial charge is 0.312 e. The van der Waals surface area contributed by atoms with Crippen LogP contribution in [0.3, 0.4) is 0 Å². The second kappa shape index (κ2) is 5.65. The fourth-order valence-corrected chi connectivity index (χ4v) is 2.41. The molecule has 0 radical (unpaired) electrons. The lowest BCUT2D eigenvalue weighted by Gasteiger charge is -2.16. The van der Waals surface area contributed by atoms with Gasteiger partial charge in [0, 0.05) is 37.3 Å². The van der Waals surface area contributed by atoms with E-state index in [1.807, 2.05) is 0 Å². The summed E-state index contributed by atoms with van der Waals surface area (Å²) in [5.41, 5.74) is 4.25. The maximum absolute atomic E-state index is 4.80. The summed E-state index contributed by atoms with van der Waals surface area (Å²) in [4.78, 5) is 2.22. The zero-order valence-corrected chi connectivity index (χ0v) is 11.3. The minimum atomic E-state index is 1.01. The van der Waals surface area contributed by atoms with E-state index in [4.69, 9.17) is 5.10 Å². The predicted molar refractivity (Wildman–Crippen MR) is 70.2 cm³/mol. The molecule has 0 saturated heterocycles. The van der Waals surface area contributed by atoms with Gasteiger partial charge in [0.2, 0.25) is 0 Å². The standard InChI is InChI=1S/C13H24N4/c1-4-5-12-11-10-14-7-6-13(11)17(15-12)9-8-16(2)3/h14H,4-10H2,1-3H3. The van der Waals surface area contributed by atoms with Crippen LogP contribution in [0.2, 0.25) is 0 Å². The number of aromatic nitrogens is 2. The molecule has 17 heavy (non-hydrogen) atoms. The predicted octanol–water partition coefficient (Wildman–Crippen LogP) is 1.04. The van der Waals surface area contributed by atoms with Crippen LogP contribution in [0.1, 0.15) is 30.3 Å². The Balaban J connectivity index is 2.19. The lowest BCUT2D eigenvalue weighted by Crippen LogP contribution is -2.26. The van der Waals surface area contributed by atoms with E-state index < -0.39 is 0 Å². The van der Waals surface area contributed by atoms with Crippen molar-refractivity contribution in [1.29, 1.82) is 0 Å². The molecule has 1 aromatic rings. The van der Waals surface area contributed by atoms with E-state index in [0.29, 0.717) is 0 Å². The molecule has 0 atom stereocenters. The molecular formula is C13H24N4. The lowest BCUT2D eigenvalue weighted by molar-refractivity contribution is 0.367. The minimum Gasteiger partial charge on any atom is -0.312 e. The Bertz CT molecular complexity index is 368. The number of nitrogens with zero attached hydrogens (tertiary/aromatic N) is 3. The molecule has 4 heteroatoms. The Morgan fingerprint density at radius 2 is 2.24 bits per heavy atom. The summed E-state index contributed by atoms with van der Waals surface area (Å²) in [6.45, 7) is 6.40. The van der Waals surface area contributed by atoms with Crippen molar-refractivity contribution in [2.24, 2.45) is 0 Å². The fraction of sp³-hybridized carbons (Fsp3) is 0.769. The van der Waals surface area contributed by atoms with E-state index >= 15 is 0 Å². The fourth-order valence-electron chi connectivity index (χ4n) is 2.41. The first-order valence-corrected chi connectivity index (χ1v) is 6.65. The molecule has 2 heterocycles. The van der Waals surface area contributed by atoms with Gasteiger partial charge in [0.15, 0.2) is 0 Å². The van der Waals surface area contributed by atoms with Gasteiger partial charge in [-0.15, -0.1) is 0 Å². The SMILES string of the molecule is CCCc1nn(CCN(C)C)c2c1CNCC2. The first-order valence-electron chi connectivity index (χ1n) is 6.65. The van der Waals surface area contributed by atoms with Gasteiger partial charge in [-0.3, -0.25) is 4.68 Å². The van der Waals surface area contributed by atoms with Crippen molar-refractivity contribution in [3.05, 3.63) is 17.0 Å². The zero-order valence-electron chi connectivity index (χ0n) is 11.3. The molecule has 0 unspecified atom stereocenters. The third-order valence-electron chi connectivity index (χ3n) is 3.34. The van der Waals surface area contributed by atoms with Gasteiger partial charge >= 0.3 is 0 Å². The summed E-state index contributed by atoms with van der Waals surface area (Å²) in [5, 5.41) is 8.26. The molecule has 0 aliphatic carbocycles. The monoisotopic (exact) mass is 236 g/mol. The van der Waals surface area contributed by atoms with E-state index in [-0.39, 0.29) is 0 Å². The van der Waals surface area contributed by atoms with E-state index in [1.54, 1.807) is 0 Å². The van der Waals surface area contributed by atoms with Crippen LogP contribution in [0, 0.1) is 0 Å². The van der Waals surface area contributed by atoms with Gasteiger partial charge in [-0.2, -0.15) is 5.10 Å². The van der Waals surface area contributed by atoms with Crippen LogP contribution in [0.15, 0.2) is 0 Å². The van der Waals surface area contributed by atoms with Crippen molar-refractivity contribution in [3.63, 3.8) is 0 Å². The number of fused-ring (bicyclic) bond motifs is 1. The van der Waals surface area contributed by atoms with Crippen LogP contribution in [0.4, 0.5) is 0 Å². The normalized spacial score (nSPS) is 15.3. The Kier molecular flexibility index (Phi) is 4.18. The van der Waals surface area contributed by atoms with E-state index in [9.17, 15) is 0 Å². The Hall–Kier alpha value is -0.870. The van der Waals surface area contributed by atoms with Crippen molar-refractivity contribution in [3.8, 4) is 0 Å². The Morgan fingerprint density at radius 1 is 1.41 bits per heavy atom. The molecule has 4 nitrogen and oxygen atoms in total. The van der Waals surface area contributed by atoms with Crippen molar-refractivity contribution < 1.29 is 0 Å². The average molecular weight is 236 g/mol. The summed E-state index contributed by atoms with van der Waals surface area (Å²) >= 11 is 0. The number of rotatable bonds is 5. The minimum absolute atomic E-state index is 1.01. The molecule has 0 saturated carbocycles. The first kappa shape index (κ1) is 12.6. The van der Waals surface area contributed by atoms with Gasteiger partial charge < -0.3 is 10.2 Å². The number of aryl methyl sites for hydroxylation is 1. The van der Waals surface area contributed by atoms with Crippen LogP contribution < -0.4 is 5.32 Å². The molecule has 1 N–H and O–H groups in total. The van der Waals surface area contributed by atoms with Crippen molar-refractivity contribution in [1.82, 2.24) is 20.0 Å². The Morgan fingerprint density at radius 3 is 2.94 bits per heavy atom. The van der Waals surface area contributed by atoms with Crippen LogP contribution in [-0.4, -0.2) is 41.9 Å². The van der Waals surface area contributed by atoms with Crippen LogP contribution in [0.25, 0.3) is 0 Å². The highest BCUT2D eigenvalue weighted by atomic mass is 15.3. The second-order valence-electron chi connectivity index (χ2n) is 5.08. The molecule has 0 amide bonds. The van der Waals surface area contributed by atoms with Crippen LogP contribution in [-0.2, 0) is 25.9 Å². The van der Waals surface area contributed by atoms with E-state index in [1.165, 1.54) is 23.4 Å². The van der Waals surface area contributed by atoms with E-state index in [2.05, 4.69) is 35.9 Å². The quantitative estimate of drug-likeness (QED) is 0.829. The molecule has 1 aromatic heterocycles. The van der Waals surface area contributed by atoms with E-state index in [0.717, 1.165) is 39.0 Å². The molecule has 2 rings (SSSR count). The van der Waals surface area contributed by atoms with Gasteiger partial charge in [-0.25, -0.2) is 0 Å².